The Balaban J connectivity index is 1.75. The molecule has 27 heavy (non-hydrogen) atoms. The van der Waals surface area contributed by atoms with E-state index >= 15 is 0 Å². The Bertz CT molecular complexity index is 854. The van der Waals surface area contributed by atoms with Crippen LogP contribution in [-0.4, -0.2) is 9.78 Å². The van der Waals surface area contributed by atoms with Crippen LogP contribution in [0.1, 0.15) is 49.2 Å². The van der Waals surface area contributed by atoms with Gasteiger partial charge in [-0.3, -0.25) is 0 Å². The zero-order valence-corrected chi connectivity index (χ0v) is 15.2. The summed E-state index contributed by atoms with van der Waals surface area (Å²) in [6, 6.07) is 17.3. The van der Waals surface area contributed by atoms with Crippen LogP contribution in [0, 0.1) is 0 Å². The summed E-state index contributed by atoms with van der Waals surface area (Å²) >= 11 is 0. The second-order valence-corrected chi connectivity index (χ2v) is 6.49. The molecule has 2 aromatic carbocycles. The van der Waals surface area contributed by atoms with Crippen molar-refractivity contribution in [3.8, 4) is 5.69 Å². The molecule has 1 aromatic heterocycles. The Morgan fingerprint density at radius 2 is 1.67 bits per heavy atom. The smallest absolute Gasteiger partial charge is 0.302 e. The Morgan fingerprint density at radius 1 is 1.00 bits per heavy atom. The first-order chi connectivity index (χ1) is 12.9. The number of nitrogens with one attached hydrogen (secondary N) is 1. The summed E-state index contributed by atoms with van der Waals surface area (Å²) in [5, 5.41) is 8.13. The normalized spacial score (nSPS) is 14.1. The third-order valence-corrected chi connectivity index (χ3v) is 4.58. The number of benzene rings is 2. The highest BCUT2D eigenvalue weighted by atomic mass is 19.4. The number of alkyl halides is 3. The van der Waals surface area contributed by atoms with Crippen LogP contribution in [0.25, 0.3) is 5.69 Å². The van der Waals surface area contributed by atoms with Gasteiger partial charge in [0.05, 0.1) is 23.0 Å². The lowest BCUT2D eigenvalue weighted by atomic mass is 10.1. The van der Waals surface area contributed by atoms with E-state index in [0.717, 1.165) is 24.2 Å². The molecule has 2 atom stereocenters. The largest absolute Gasteiger partial charge is 0.416 e. The molecule has 3 rings (SSSR count). The Labute approximate surface area is 156 Å². The molecule has 3 nitrogen and oxygen atoms in total. The van der Waals surface area contributed by atoms with Gasteiger partial charge in [0.1, 0.15) is 0 Å². The van der Waals surface area contributed by atoms with E-state index in [4.69, 9.17) is 0 Å². The first-order valence-electron chi connectivity index (χ1n) is 8.92. The summed E-state index contributed by atoms with van der Waals surface area (Å²) < 4.78 is 39.7. The molecular formula is C21H22F3N3. The molecule has 2 unspecified atom stereocenters. The van der Waals surface area contributed by atoms with Crippen LogP contribution >= 0.6 is 0 Å². The molecule has 0 amide bonds. The number of aromatic nitrogens is 2. The lowest BCUT2D eigenvalue weighted by Crippen LogP contribution is -2.24. The monoisotopic (exact) mass is 373 g/mol. The van der Waals surface area contributed by atoms with Crippen LogP contribution in [0.15, 0.2) is 66.9 Å². The SMILES string of the molecule is CCC(NC(C)c1ccccc1)c1ccn(-c2ccc(C(F)(F)F)cc2)n1. The van der Waals surface area contributed by atoms with Crippen molar-refractivity contribution in [1.82, 2.24) is 15.1 Å². The van der Waals surface area contributed by atoms with Crippen LogP contribution in [0.4, 0.5) is 13.2 Å². The van der Waals surface area contributed by atoms with Gasteiger partial charge >= 0.3 is 6.18 Å². The van der Waals surface area contributed by atoms with Crippen molar-refractivity contribution < 1.29 is 13.2 Å². The van der Waals surface area contributed by atoms with Crippen molar-refractivity contribution >= 4 is 0 Å². The minimum atomic E-state index is -4.33. The third kappa shape index (κ3) is 4.57. The lowest BCUT2D eigenvalue weighted by Gasteiger charge is -2.21. The van der Waals surface area contributed by atoms with Gasteiger partial charge in [0.25, 0.3) is 0 Å². The Kier molecular flexibility index (Phi) is 5.65. The van der Waals surface area contributed by atoms with Crippen molar-refractivity contribution in [2.24, 2.45) is 0 Å². The lowest BCUT2D eigenvalue weighted by molar-refractivity contribution is -0.137. The van der Waals surface area contributed by atoms with E-state index in [2.05, 4.69) is 36.4 Å². The fourth-order valence-corrected chi connectivity index (χ4v) is 3.02. The fraction of sp³-hybridized carbons (Fsp3) is 0.286. The molecule has 0 aliphatic heterocycles. The molecule has 0 spiro atoms. The maximum atomic E-state index is 12.7. The number of nitrogens with zero attached hydrogens (tertiary/aromatic N) is 2. The maximum Gasteiger partial charge on any atom is 0.416 e. The second kappa shape index (κ2) is 7.96. The van der Waals surface area contributed by atoms with Gasteiger partial charge in [-0.05, 0) is 49.2 Å². The summed E-state index contributed by atoms with van der Waals surface area (Å²) in [7, 11) is 0. The maximum absolute atomic E-state index is 12.7. The summed E-state index contributed by atoms with van der Waals surface area (Å²) in [5.74, 6) is 0. The van der Waals surface area contributed by atoms with Gasteiger partial charge in [-0.15, -0.1) is 0 Å². The molecule has 0 aliphatic rings. The van der Waals surface area contributed by atoms with Gasteiger partial charge in [0.2, 0.25) is 0 Å². The molecule has 142 valence electrons. The molecular weight excluding hydrogens is 351 g/mol. The molecule has 1 N–H and O–H groups in total. The molecule has 0 radical (unpaired) electrons. The highest BCUT2D eigenvalue weighted by Gasteiger charge is 2.30. The molecule has 0 fully saturated rings. The summed E-state index contributed by atoms with van der Waals surface area (Å²) in [6.07, 6.45) is -1.71. The molecule has 6 heteroatoms. The summed E-state index contributed by atoms with van der Waals surface area (Å²) in [6.45, 7) is 4.18. The van der Waals surface area contributed by atoms with Gasteiger partial charge in [-0.2, -0.15) is 18.3 Å². The Morgan fingerprint density at radius 3 is 2.26 bits per heavy atom. The van der Waals surface area contributed by atoms with Crippen molar-refractivity contribution in [1.29, 1.82) is 0 Å². The first-order valence-corrected chi connectivity index (χ1v) is 8.92. The average Bonchev–Trinajstić information content (AvgIpc) is 3.16. The molecule has 0 saturated carbocycles. The quantitative estimate of drug-likeness (QED) is 0.601. The zero-order valence-electron chi connectivity index (χ0n) is 15.2. The van der Waals surface area contributed by atoms with Crippen molar-refractivity contribution in [3.05, 3.63) is 83.7 Å². The molecule has 3 aromatic rings. The van der Waals surface area contributed by atoms with Gasteiger partial charge in [-0.1, -0.05) is 37.3 Å². The zero-order chi connectivity index (χ0) is 19.4. The molecule has 0 bridgehead atoms. The van der Waals surface area contributed by atoms with E-state index in [1.807, 2.05) is 24.3 Å². The van der Waals surface area contributed by atoms with Crippen molar-refractivity contribution in [3.63, 3.8) is 0 Å². The molecule has 1 heterocycles. The van der Waals surface area contributed by atoms with Crippen LogP contribution in [0.2, 0.25) is 0 Å². The highest BCUT2D eigenvalue weighted by Crippen LogP contribution is 2.29. The fourth-order valence-electron chi connectivity index (χ4n) is 3.02. The second-order valence-electron chi connectivity index (χ2n) is 6.49. The highest BCUT2D eigenvalue weighted by molar-refractivity contribution is 5.35. The molecule has 0 saturated heterocycles. The van der Waals surface area contributed by atoms with Gasteiger partial charge in [0, 0.05) is 12.2 Å². The predicted octanol–water partition coefficient (Wildman–Crippen LogP) is 5.69. The van der Waals surface area contributed by atoms with Gasteiger partial charge in [-0.25, -0.2) is 4.68 Å². The van der Waals surface area contributed by atoms with E-state index < -0.39 is 11.7 Å². The minimum absolute atomic E-state index is 0.0518. The molecule has 0 aliphatic carbocycles. The van der Waals surface area contributed by atoms with Crippen LogP contribution in [0.5, 0.6) is 0 Å². The van der Waals surface area contributed by atoms with Gasteiger partial charge < -0.3 is 5.32 Å². The number of halogens is 3. The first kappa shape index (κ1) is 19.2. The number of rotatable bonds is 6. The van der Waals surface area contributed by atoms with Crippen LogP contribution in [-0.2, 0) is 6.18 Å². The topological polar surface area (TPSA) is 29.9 Å². The van der Waals surface area contributed by atoms with E-state index in [0.29, 0.717) is 5.69 Å². The number of hydrogen-bond acceptors (Lipinski definition) is 2. The average molecular weight is 373 g/mol. The predicted molar refractivity (Wildman–Crippen MR) is 99.6 cm³/mol. The van der Waals surface area contributed by atoms with E-state index in [1.165, 1.54) is 17.7 Å². The van der Waals surface area contributed by atoms with E-state index in [9.17, 15) is 13.2 Å². The number of hydrogen-bond donors (Lipinski definition) is 1. The van der Waals surface area contributed by atoms with Crippen molar-refractivity contribution in [2.75, 3.05) is 0 Å². The summed E-state index contributed by atoms with van der Waals surface area (Å²) in [4.78, 5) is 0. The van der Waals surface area contributed by atoms with Crippen LogP contribution < -0.4 is 5.32 Å². The van der Waals surface area contributed by atoms with Gasteiger partial charge in [0.15, 0.2) is 0 Å². The summed E-state index contributed by atoms with van der Waals surface area (Å²) in [5.41, 5.74) is 1.99. The van der Waals surface area contributed by atoms with Crippen LogP contribution in [0.3, 0.4) is 0 Å². The standard InChI is InChI=1S/C21H22F3N3/c1-3-19(25-15(2)16-7-5-4-6-8-16)20-13-14-27(26-20)18-11-9-17(10-12-18)21(22,23)24/h4-15,19,25H,3H2,1-2H3. The Hall–Kier alpha value is -2.60. The van der Waals surface area contributed by atoms with E-state index in [-0.39, 0.29) is 12.1 Å². The minimum Gasteiger partial charge on any atom is -0.302 e. The van der Waals surface area contributed by atoms with E-state index in [1.54, 1.807) is 10.9 Å². The third-order valence-electron chi connectivity index (χ3n) is 4.58. The van der Waals surface area contributed by atoms with Crippen molar-refractivity contribution in [2.45, 2.75) is 38.5 Å².